The van der Waals surface area contributed by atoms with Gasteiger partial charge < -0.3 is 15.8 Å². The number of hydrogen-bond acceptors (Lipinski definition) is 3. The second-order valence-electron chi connectivity index (χ2n) is 4.58. The summed E-state index contributed by atoms with van der Waals surface area (Å²) in [5.41, 5.74) is 6.83. The van der Waals surface area contributed by atoms with Crippen LogP contribution in [0, 0.1) is 0 Å². The zero-order valence-corrected chi connectivity index (χ0v) is 12.3. The molecule has 0 atom stereocenters. The van der Waals surface area contributed by atoms with Crippen molar-refractivity contribution in [2.75, 3.05) is 26.3 Å². The van der Waals surface area contributed by atoms with Crippen LogP contribution in [0.2, 0.25) is 0 Å². The van der Waals surface area contributed by atoms with Crippen LogP contribution in [-0.2, 0) is 11.2 Å². The van der Waals surface area contributed by atoms with Crippen molar-refractivity contribution in [3.8, 4) is 0 Å². The maximum Gasteiger partial charge on any atom is 0.188 e. The quantitative estimate of drug-likeness (QED) is 0.388. The Morgan fingerprint density at radius 3 is 2.95 bits per heavy atom. The molecule has 1 rings (SSSR count). The average Bonchev–Trinajstić information content (AvgIpc) is 2.47. The van der Waals surface area contributed by atoms with Crippen LogP contribution in [-0.4, -0.2) is 37.2 Å². The van der Waals surface area contributed by atoms with Crippen LogP contribution >= 0.6 is 0 Å². The van der Waals surface area contributed by atoms with E-state index in [4.69, 9.17) is 10.5 Å². The van der Waals surface area contributed by atoms with Crippen molar-refractivity contribution >= 4 is 5.96 Å². The Labute approximate surface area is 121 Å². The van der Waals surface area contributed by atoms with E-state index in [1.54, 1.807) is 6.20 Å². The van der Waals surface area contributed by atoms with E-state index in [0.717, 1.165) is 44.7 Å². The van der Waals surface area contributed by atoms with Gasteiger partial charge in [0, 0.05) is 44.6 Å². The molecule has 0 spiro atoms. The normalized spacial score (nSPS) is 11.6. The summed E-state index contributed by atoms with van der Waals surface area (Å²) in [6.07, 6.45) is 5.85. The summed E-state index contributed by atoms with van der Waals surface area (Å²) >= 11 is 0. The van der Waals surface area contributed by atoms with E-state index in [0.29, 0.717) is 12.5 Å². The van der Waals surface area contributed by atoms with E-state index in [2.05, 4.69) is 22.2 Å². The summed E-state index contributed by atoms with van der Waals surface area (Å²) in [5, 5.41) is 3.09. The first kappa shape index (κ1) is 16.4. The lowest BCUT2D eigenvalue weighted by Crippen LogP contribution is -2.33. The number of rotatable bonds is 10. The van der Waals surface area contributed by atoms with Gasteiger partial charge in [-0.25, -0.2) is 0 Å². The molecule has 0 amide bonds. The van der Waals surface area contributed by atoms with Gasteiger partial charge in [0.2, 0.25) is 0 Å². The van der Waals surface area contributed by atoms with Crippen molar-refractivity contribution in [3.63, 3.8) is 0 Å². The van der Waals surface area contributed by atoms with Crippen LogP contribution in [0.1, 0.15) is 31.9 Å². The minimum Gasteiger partial charge on any atom is -0.381 e. The number of nitrogens with one attached hydrogen (secondary N) is 1. The summed E-state index contributed by atoms with van der Waals surface area (Å²) < 4.78 is 5.46. The lowest BCUT2D eigenvalue weighted by atomic mass is 10.3. The Balaban J connectivity index is 2.01. The highest BCUT2D eigenvalue weighted by Gasteiger charge is 1.95. The van der Waals surface area contributed by atoms with Gasteiger partial charge in [0.05, 0.1) is 0 Å². The van der Waals surface area contributed by atoms with Gasteiger partial charge in [0.1, 0.15) is 0 Å². The summed E-state index contributed by atoms with van der Waals surface area (Å²) in [7, 11) is 0. The fraction of sp³-hybridized carbons (Fsp3) is 0.600. The van der Waals surface area contributed by atoms with Crippen molar-refractivity contribution < 1.29 is 4.74 Å². The number of aromatic nitrogens is 1. The van der Waals surface area contributed by atoms with Crippen molar-refractivity contribution in [1.29, 1.82) is 0 Å². The van der Waals surface area contributed by atoms with Gasteiger partial charge in [-0.2, -0.15) is 0 Å². The molecule has 0 unspecified atom stereocenters. The highest BCUT2D eigenvalue weighted by Crippen LogP contribution is 1.93. The van der Waals surface area contributed by atoms with Crippen LogP contribution in [0.3, 0.4) is 0 Å². The fourth-order valence-corrected chi connectivity index (χ4v) is 1.64. The molecule has 0 saturated heterocycles. The van der Waals surface area contributed by atoms with Crippen LogP contribution < -0.4 is 11.1 Å². The van der Waals surface area contributed by atoms with Crippen LogP contribution in [0.25, 0.3) is 0 Å². The summed E-state index contributed by atoms with van der Waals surface area (Å²) in [4.78, 5) is 8.51. The van der Waals surface area contributed by atoms with Gasteiger partial charge in [-0.05, 0) is 25.0 Å². The van der Waals surface area contributed by atoms with Gasteiger partial charge in [0.15, 0.2) is 5.96 Å². The Bertz CT molecular complexity index is 367. The van der Waals surface area contributed by atoms with Crippen LogP contribution in [0.5, 0.6) is 0 Å². The Hall–Kier alpha value is -1.62. The summed E-state index contributed by atoms with van der Waals surface area (Å²) in [5.74, 6) is 0.495. The van der Waals surface area contributed by atoms with Crippen molar-refractivity contribution in [3.05, 3.63) is 30.1 Å². The first-order valence-electron chi connectivity index (χ1n) is 7.34. The third-order valence-electron chi connectivity index (χ3n) is 2.78. The third-order valence-corrected chi connectivity index (χ3v) is 2.78. The van der Waals surface area contributed by atoms with Crippen molar-refractivity contribution in [1.82, 2.24) is 10.3 Å². The molecule has 1 heterocycles. The molecular formula is C15H26N4O. The average molecular weight is 278 g/mol. The fourth-order valence-electron chi connectivity index (χ4n) is 1.64. The minimum atomic E-state index is 0.495. The zero-order valence-electron chi connectivity index (χ0n) is 12.3. The van der Waals surface area contributed by atoms with Crippen molar-refractivity contribution in [2.24, 2.45) is 10.7 Å². The molecule has 112 valence electrons. The first-order chi connectivity index (χ1) is 9.83. The molecule has 0 radical (unpaired) electrons. The van der Waals surface area contributed by atoms with E-state index in [1.807, 2.05) is 18.2 Å². The molecule has 3 N–H and O–H groups in total. The minimum absolute atomic E-state index is 0.495. The Morgan fingerprint density at radius 2 is 2.20 bits per heavy atom. The SMILES string of the molecule is CCCCOCCCN=C(N)NCCc1ccccn1. The zero-order chi connectivity index (χ0) is 14.5. The number of nitrogens with two attached hydrogens (primary N) is 1. The Morgan fingerprint density at radius 1 is 1.35 bits per heavy atom. The smallest absolute Gasteiger partial charge is 0.188 e. The highest BCUT2D eigenvalue weighted by molar-refractivity contribution is 5.77. The third kappa shape index (κ3) is 8.48. The van der Waals surface area contributed by atoms with Crippen LogP contribution in [0.15, 0.2) is 29.4 Å². The molecule has 1 aromatic rings. The number of guanidine groups is 1. The number of aliphatic imine (C=N–C) groups is 1. The number of ether oxygens (including phenoxy) is 1. The molecule has 0 aliphatic rings. The van der Waals surface area contributed by atoms with E-state index in [9.17, 15) is 0 Å². The van der Waals surface area contributed by atoms with Gasteiger partial charge >= 0.3 is 0 Å². The second-order valence-corrected chi connectivity index (χ2v) is 4.58. The molecule has 5 heteroatoms. The lowest BCUT2D eigenvalue weighted by Gasteiger charge is -2.05. The first-order valence-corrected chi connectivity index (χ1v) is 7.34. The number of hydrogen-bond donors (Lipinski definition) is 2. The van der Waals surface area contributed by atoms with Gasteiger partial charge in [-0.1, -0.05) is 19.4 Å². The lowest BCUT2D eigenvalue weighted by molar-refractivity contribution is 0.130. The molecule has 0 saturated carbocycles. The standard InChI is InChI=1S/C15H26N4O/c1-2-3-12-20-13-6-10-18-15(16)19-11-8-14-7-4-5-9-17-14/h4-5,7,9H,2-3,6,8,10-13H2,1H3,(H3,16,18,19). The predicted molar refractivity (Wildman–Crippen MR) is 82.8 cm³/mol. The summed E-state index contributed by atoms with van der Waals surface area (Å²) in [6, 6.07) is 5.90. The molecule has 0 bridgehead atoms. The largest absolute Gasteiger partial charge is 0.381 e. The monoisotopic (exact) mass is 278 g/mol. The molecule has 5 nitrogen and oxygen atoms in total. The molecular weight excluding hydrogens is 252 g/mol. The van der Waals surface area contributed by atoms with E-state index < -0.39 is 0 Å². The van der Waals surface area contributed by atoms with E-state index >= 15 is 0 Å². The number of unbranched alkanes of at least 4 members (excludes halogenated alkanes) is 1. The van der Waals surface area contributed by atoms with E-state index in [-0.39, 0.29) is 0 Å². The van der Waals surface area contributed by atoms with Crippen LogP contribution in [0.4, 0.5) is 0 Å². The summed E-state index contributed by atoms with van der Waals surface area (Å²) in [6.45, 7) is 5.21. The number of nitrogens with zero attached hydrogens (tertiary/aromatic N) is 2. The topological polar surface area (TPSA) is 72.5 Å². The molecule has 0 aliphatic heterocycles. The maximum absolute atomic E-state index is 5.78. The maximum atomic E-state index is 5.78. The molecule has 20 heavy (non-hydrogen) atoms. The number of pyridine rings is 1. The highest BCUT2D eigenvalue weighted by atomic mass is 16.5. The molecule has 0 aromatic carbocycles. The van der Waals surface area contributed by atoms with Crippen molar-refractivity contribution in [2.45, 2.75) is 32.6 Å². The Kier molecular flexibility index (Phi) is 9.23. The molecule has 1 aromatic heterocycles. The molecule has 0 fully saturated rings. The second kappa shape index (κ2) is 11.2. The molecule has 0 aliphatic carbocycles. The van der Waals surface area contributed by atoms with E-state index in [1.165, 1.54) is 6.42 Å². The predicted octanol–water partition coefficient (Wildman–Crippen LogP) is 1.74. The van der Waals surface area contributed by atoms with Gasteiger partial charge in [-0.3, -0.25) is 9.98 Å². The van der Waals surface area contributed by atoms with Gasteiger partial charge in [0.25, 0.3) is 0 Å². The van der Waals surface area contributed by atoms with Gasteiger partial charge in [-0.15, -0.1) is 0 Å².